The molecule has 0 saturated heterocycles. The van der Waals surface area contributed by atoms with Crippen LogP contribution in [0.2, 0.25) is 0 Å². The van der Waals surface area contributed by atoms with E-state index in [2.05, 4.69) is 5.10 Å². The van der Waals surface area contributed by atoms with Crippen LogP contribution in [-0.4, -0.2) is 28.8 Å². The number of phenols is 1. The van der Waals surface area contributed by atoms with Crippen molar-refractivity contribution in [3.05, 3.63) is 59.7 Å². The van der Waals surface area contributed by atoms with Gasteiger partial charge in [-0.25, -0.2) is 5.01 Å². The molecule has 0 spiro atoms. The Morgan fingerprint density at radius 1 is 1.28 bits per heavy atom. The molecule has 0 saturated carbocycles. The summed E-state index contributed by atoms with van der Waals surface area (Å²) in [6.45, 7) is 1.99. The Kier molecular flexibility index (Phi) is 5.03. The van der Waals surface area contributed by atoms with Crippen molar-refractivity contribution in [1.29, 1.82) is 0 Å². The van der Waals surface area contributed by atoms with E-state index in [0.717, 1.165) is 23.3 Å². The van der Waals surface area contributed by atoms with Crippen molar-refractivity contribution in [2.45, 2.75) is 32.2 Å². The van der Waals surface area contributed by atoms with Crippen LogP contribution in [0.1, 0.15) is 43.4 Å². The van der Waals surface area contributed by atoms with Gasteiger partial charge >= 0.3 is 0 Å². The van der Waals surface area contributed by atoms with E-state index in [9.17, 15) is 9.90 Å². The van der Waals surface area contributed by atoms with E-state index in [1.165, 1.54) is 7.11 Å². The number of hydrogen-bond donors (Lipinski definition) is 1. The van der Waals surface area contributed by atoms with Crippen molar-refractivity contribution in [2.75, 3.05) is 7.11 Å². The number of carbonyl (C=O) groups is 1. The molecule has 0 aromatic heterocycles. The molecule has 0 bridgehead atoms. The van der Waals surface area contributed by atoms with Crippen LogP contribution < -0.4 is 4.74 Å². The highest BCUT2D eigenvalue weighted by atomic mass is 16.5. The number of nitrogens with zero attached hydrogens (tertiary/aromatic N) is 2. The Bertz CT molecular complexity index is 787. The van der Waals surface area contributed by atoms with Gasteiger partial charge in [-0.2, -0.15) is 5.10 Å². The van der Waals surface area contributed by atoms with Crippen LogP contribution in [0.4, 0.5) is 0 Å². The van der Waals surface area contributed by atoms with Gasteiger partial charge in [0.05, 0.1) is 18.9 Å². The molecule has 0 aliphatic carbocycles. The van der Waals surface area contributed by atoms with E-state index in [1.807, 2.05) is 37.3 Å². The Labute approximate surface area is 147 Å². The number of amides is 1. The second-order valence-electron chi connectivity index (χ2n) is 6.05. The average Bonchev–Trinajstić information content (AvgIpc) is 3.08. The summed E-state index contributed by atoms with van der Waals surface area (Å²) in [6.07, 6.45) is 1.89. The Hall–Kier alpha value is -2.82. The fourth-order valence-corrected chi connectivity index (χ4v) is 3.04. The highest BCUT2D eigenvalue weighted by Crippen LogP contribution is 2.35. The molecule has 5 heteroatoms. The summed E-state index contributed by atoms with van der Waals surface area (Å²) in [5.41, 5.74) is 2.73. The van der Waals surface area contributed by atoms with Gasteiger partial charge in [0.15, 0.2) is 11.5 Å². The smallest absolute Gasteiger partial charge is 0.243 e. The molecule has 2 aromatic rings. The SMILES string of the molecule is CCCC(=O)N1N=C(c2ccc(O)c(OC)c2)C[C@@H]1c1ccccc1. The lowest BCUT2D eigenvalue weighted by Crippen LogP contribution is -2.26. The maximum Gasteiger partial charge on any atom is 0.243 e. The number of ether oxygens (including phenoxy) is 1. The van der Waals surface area contributed by atoms with Gasteiger partial charge < -0.3 is 9.84 Å². The molecule has 0 fully saturated rings. The van der Waals surface area contributed by atoms with Crippen LogP contribution in [0, 0.1) is 0 Å². The molecule has 1 heterocycles. The lowest BCUT2D eigenvalue weighted by Gasteiger charge is -2.21. The predicted molar refractivity (Wildman–Crippen MR) is 96.7 cm³/mol. The van der Waals surface area contributed by atoms with E-state index >= 15 is 0 Å². The zero-order valence-electron chi connectivity index (χ0n) is 14.5. The minimum absolute atomic E-state index is 0.0251. The van der Waals surface area contributed by atoms with Gasteiger partial charge in [0.25, 0.3) is 0 Å². The van der Waals surface area contributed by atoms with Gasteiger partial charge in [-0.3, -0.25) is 4.79 Å². The Balaban J connectivity index is 1.95. The average molecular weight is 338 g/mol. The molecule has 0 unspecified atom stereocenters. The first-order chi connectivity index (χ1) is 12.1. The molecule has 1 aliphatic rings. The van der Waals surface area contributed by atoms with Crippen LogP contribution in [0.15, 0.2) is 53.6 Å². The summed E-state index contributed by atoms with van der Waals surface area (Å²) < 4.78 is 5.18. The van der Waals surface area contributed by atoms with Gasteiger partial charge in [0.2, 0.25) is 5.91 Å². The van der Waals surface area contributed by atoms with Crippen LogP contribution in [0.5, 0.6) is 11.5 Å². The van der Waals surface area contributed by atoms with Gasteiger partial charge in [0, 0.05) is 18.4 Å². The molecule has 2 aromatic carbocycles. The number of aromatic hydroxyl groups is 1. The molecule has 0 radical (unpaired) electrons. The zero-order valence-corrected chi connectivity index (χ0v) is 14.5. The second kappa shape index (κ2) is 7.38. The molecule has 1 amide bonds. The van der Waals surface area contributed by atoms with Crippen molar-refractivity contribution in [3.8, 4) is 11.5 Å². The largest absolute Gasteiger partial charge is 0.504 e. The van der Waals surface area contributed by atoms with Crippen LogP contribution in [0.25, 0.3) is 0 Å². The first-order valence-corrected chi connectivity index (χ1v) is 8.46. The van der Waals surface area contributed by atoms with Crippen molar-refractivity contribution in [2.24, 2.45) is 5.10 Å². The summed E-state index contributed by atoms with van der Waals surface area (Å²) in [5, 5.41) is 16.0. The number of hydrazone groups is 1. The van der Waals surface area contributed by atoms with Crippen molar-refractivity contribution < 1.29 is 14.6 Å². The highest BCUT2D eigenvalue weighted by molar-refractivity contribution is 6.03. The minimum atomic E-state index is -0.102. The number of rotatable bonds is 5. The summed E-state index contributed by atoms with van der Waals surface area (Å²) in [6, 6.07) is 15.0. The quantitative estimate of drug-likeness (QED) is 0.900. The van der Waals surface area contributed by atoms with E-state index in [1.54, 1.807) is 23.2 Å². The summed E-state index contributed by atoms with van der Waals surface area (Å²) in [7, 11) is 1.51. The van der Waals surface area contributed by atoms with Crippen molar-refractivity contribution in [3.63, 3.8) is 0 Å². The molecule has 3 rings (SSSR count). The second-order valence-corrected chi connectivity index (χ2v) is 6.05. The van der Waals surface area contributed by atoms with Crippen LogP contribution in [-0.2, 0) is 4.79 Å². The number of phenolic OH excluding ortho intramolecular Hbond substituents is 1. The minimum Gasteiger partial charge on any atom is -0.504 e. The third-order valence-electron chi connectivity index (χ3n) is 4.33. The van der Waals surface area contributed by atoms with E-state index in [-0.39, 0.29) is 17.7 Å². The zero-order chi connectivity index (χ0) is 17.8. The number of hydrogen-bond acceptors (Lipinski definition) is 4. The molecule has 25 heavy (non-hydrogen) atoms. The Morgan fingerprint density at radius 2 is 2.04 bits per heavy atom. The molecule has 1 aliphatic heterocycles. The standard InChI is InChI=1S/C20H22N2O3/c1-3-7-20(24)22-17(14-8-5-4-6-9-14)13-16(21-22)15-10-11-18(23)19(12-15)25-2/h4-6,8-12,17,23H,3,7,13H2,1-2H3/t17-/m1/s1. The monoisotopic (exact) mass is 338 g/mol. The number of benzene rings is 2. The van der Waals surface area contributed by atoms with Crippen LogP contribution in [0.3, 0.4) is 0 Å². The number of carbonyl (C=O) groups excluding carboxylic acids is 1. The maximum absolute atomic E-state index is 12.5. The fourth-order valence-electron chi connectivity index (χ4n) is 3.04. The molecule has 1 atom stereocenters. The van der Waals surface area contributed by atoms with E-state index in [4.69, 9.17) is 4.74 Å². The van der Waals surface area contributed by atoms with E-state index in [0.29, 0.717) is 18.6 Å². The fraction of sp³-hybridized carbons (Fsp3) is 0.300. The lowest BCUT2D eigenvalue weighted by molar-refractivity contribution is -0.133. The molecular formula is C20H22N2O3. The summed E-state index contributed by atoms with van der Waals surface area (Å²) >= 11 is 0. The third kappa shape index (κ3) is 3.50. The normalized spacial score (nSPS) is 16.6. The van der Waals surface area contributed by atoms with Gasteiger partial charge in [-0.1, -0.05) is 37.3 Å². The topological polar surface area (TPSA) is 62.1 Å². The summed E-state index contributed by atoms with van der Waals surface area (Å²) in [5.74, 6) is 0.510. The third-order valence-corrected chi connectivity index (χ3v) is 4.33. The van der Waals surface area contributed by atoms with Gasteiger partial charge in [-0.15, -0.1) is 0 Å². The molecule has 130 valence electrons. The molecule has 1 N–H and O–H groups in total. The highest BCUT2D eigenvalue weighted by Gasteiger charge is 2.32. The molecule has 5 nitrogen and oxygen atoms in total. The van der Waals surface area contributed by atoms with Gasteiger partial charge in [0.1, 0.15) is 0 Å². The predicted octanol–water partition coefficient (Wildman–Crippen LogP) is 3.88. The first-order valence-electron chi connectivity index (χ1n) is 8.46. The van der Waals surface area contributed by atoms with E-state index < -0.39 is 0 Å². The van der Waals surface area contributed by atoms with Crippen molar-refractivity contribution in [1.82, 2.24) is 5.01 Å². The molecular weight excluding hydrogens is 316 g/mol. The maximum atomic E-state index is 12.5. The van der Waals surface area contributed by atoms with Crippen molar-refractivity contribution >= 4 is 11.6 Å². The number of methoxy groups -OCH3 is 1. The Morgan fingerprint density at radius 3 is 2.72 bits per heavy atom. The lowest BCUT2D eigenvalue weighted by atomic mass is 9.98. The first kappa shape index (κ1) is 17.0. The van der Waals surface area contributed by atoms with Crippen LogP contribution >= 0.6 is 0 Å². The summed E-state index contributed by atoms with van der Waals surface area (Å²) in [4.78, 5) is 12.5. The van der Waals surface area contributed by atoms with Gasteiger partial charge in [-0.05, 0) is 30.2 Å².